The van der Waals surface area contributed by atoms with E-state index in [9.17, 15) is 0 Å². The van der Waals surface area contributed by atoms with E-state index in [1.54, 1.807) is 0 Å². The fourth-order valence-corrected chi connectivity index (χ4v) is 2.45. The monoisotopic (exact) mass is 305 g/mol. The Morgan fingerprint density at radius 3 is 2.17 bits per heavy atom. The van der Waals surface area contributed by atoms with E-state index in [0.29, 0.717) is 0 Å². The molecule has 0 heterocycles. The molecule has 0 aliphatic carbocycles. The molecule has 3 aromatic rings. The van der Waals surface area contributed by atoms with Crippen molar-refractivity contribution in [1.29, 1.82) is 0 Å². The highest BCUT2D eigenvalue weighted by Crippen LogP contribution is 2.27. The van der Waals surface area contributed by atoms with E-state index in [1.807, 2.05) is 37.3 Å². The van der Waals surface area contributed by atoms with Gasteiger partial charge in [-0.25, -0.2) is 0 Å². The lowest BCUT2D eigenvalue weighted by Gasteiger charge is -2.09. The van der Waals surface area contributed by atoms with Gasteiger partial charge in [0.25, 0.3) is 0 Å². The van der Waals surface area contributed by atoms with Crippen molar-refractivity contribution in [3.63, 3.8) is 0 Å². The molecule has 0 bridgehead atoms. The summed E-state index contributed by atoms with van der Waals surface area (Å²) < 4.78 is 11.5. The van der Waals surface area contributed by atoms with Gasteiger partial charge in [0, 0.05) is 0 Å². The van der Waals surface area contributed by atoms with Gasteiger partial charge >= 0.3 is 0 Å². The van der Waals surface area contributed by atoms with Crippen molar-refractivity contribution in [1.82, 2.24) is 0 Å². The minimum atomic E-state index is 0.738. The summed E-state index contributed by atoms with van der Waals surface area (Å²) >= 11 is 0. The van der Waals surface area contributed by atoms with Gasteiger partial charge in [0.2, 0.25) is 0 Å². The molecule has 0 aliphatic heterocycles. The van der Waals surface area contributed by atoms with Crippen LogP contribution in [0.3, 0.4) is 0 Å². The summed E-state index contributed by atoms with van der Waals surface area (Å²) in [4.78, 5) is 0. The molecule has 0 fully saturated rings. The molecular weight excluding hydrogens is 284 g/mol. The highest BCUT2D eigenvalue weighted by atomic mass is 16.5. The Morgan fingerprint density at radius 2 is 1.43 bits per heavy atom. The van der Waals surface area contributed by atoms with Crippen LogP contribution in [0.2, 0.25) is 0 Å². The van der Waals surface area contributed by atoms with Crippen LogP contribution in [0, 0.1) is 6.42 Å². The molecule has 2 nitrogen and oxygen atoms in total. The highest BCUT2D eigenvalue weighted by Gasteiger charge is 2.01. The van der Waals surface area contributed by atoms with Crippen molar-refractivity contribution in [2.75, 3.05) is 6.61 Å². The molecule has 0 N–H and O–H groups in total. The maximum atomic E-state index is 5.94. The molecule has 0 aromatic heterocycles. The average Bonchev–Trinajstić information content (AvgIpc) is 2.60. The predicted octanol–water partition coefficient (Wildman–Crippen LogP) is 5.99. The number of ether oxygens (including phenoxy) is 2. The summed E-state index contributed by atoms with van der Waals surface area (Å²) in [6.45, 7) is 4.88. The van der Waals surface area contributed by atoms with Crippen molar-refractivity contribution in [2.24, 2.45) is 0 Å². The molecule has 3 aromatic carbocycles. The third-order valence-corrected chi connectivity index (χ3v) is 3.70. The largest absolute Gasteiger partial charge is 0.494 e. The molecule has 0 atom stereocenters. The van der Waals surface area contributed by atoms with Crippen molar-refractivity contribution in [2.45, 2.75) is 20.3 Å². The van der Waals surface area contributed by atoms with Gasteiger partial charge in [-0.05, 0) is 65.6 Å². The number of rotatable bonds is 6. The fraction of sp³-hybridized carbons (Fsp3) is 0.190. The van der Waals surface area contributed by atoms with Gasteiger partial charge in [-0.2, -0.15) is 0 Å². The first-order valence-electron chi connectivity index (χ1n) is 8.02. The second-order valence-corrected chi connectivity index (χ2v) is 5.48. The topological polar surface area (TPSA) is 18.5 Å². The number of hydrogen-bond acceptors (Lipinski definition) is 2. The number of benzene rings is 3. The lowest BCUT2D eigenvalue weighted by molar-refractivity contribution is 0.317. The van der Waals surface area contributed by atoms with Crippen LogP contribution >= 0.6 is 0 Å². The van der Waals surface area contributed by atoms with Gasteiger partial charge in [0.15, 0.2) is 0 Å². The molecule has 0 unspecified atom stereocenters. The van der Waals surface area contributed by atoms with Crippen molar-refractivity contribution >= 4 is 10.8 Å². The lowest BCUT2D eigenvalue weighted by Crippen LogP contribution is -1.94. The first kappa shape index (κ1) is 15.4. The smallest absolute Gasteiger partial charge is 0.128 e. The van der Waals surface area contributed by atoms with Gasteiger partial charge < -0.3 is 9.47 Å². The zero-order chi connectivity index (χ0) is 16.1. The van der Waals surface area contributed by atoms with E-state index >= 15 is 0 Å². The standard InChI is InChI=1S/C21H21O2/c1-3-13-22-19-9-11-20(12-10-19)23-21-8-7-17-14-16(4-2)5-6-18(17)15-21/h4-12,14-15H,3,13H2,1-2H3. The summed E-state index contributed by atoms with van der Waals surface area (Å²) in [5.74, 6) is 2.53. The average molecular weight is 305 g/mol. The first-order chi connectivity index (χ1) is 11.3. The van der Waals surface area contributed by atoms with Crippen LogP contribution < -0.4 is 9.47 Å². The van der Waals surface area contributed by atoms with Gasteiger partial charge in [-0.15, -0.1) is 0 Å². The summed E-state index contributed by atoms with van der Waals surface area (Å²) in [6, 6.07) is 20.3. The molecule has 0 saturated heterocycles. The van der Waals surface area contributed by atoms with Crippen molar-refractivity contribution in [3.05, 3.63) is 72.6 Å². The molecule has 0 aliphatic rings. The maximum absolute atomic E-state index is 5.94. The Balaban J connectivity index is 1.75. The molecule has 0 amide bonds. The van der Waals surface area contributed by atoms with E-state index in [2.05, 4.69) is 43.7 Å². The van der Waals surface area contributed by atoms with Gasteiger partial charge in [-0.3, -0.25) is 0 Å². The summed E-state index contributed by atoms with van der Waals surface area (Å²) in [6.07, 6.45) is 3.11. The quantitative estimate of drug-likeness (QED) is 0.556. The molecule has 1 radical (unpaired) electrons. The van der Waals surface area contributed by atoms with E-state index < -0.39 is 0 Å². The Morgan fingerprint density at radius 1 is 0.783 bits per heavy atom. The zero-order valence-electron chi connectivity index (χ0n) is 13.6. The van der Waals surface area contributed by atoms with Crippen LogP contribution in [-0.2, 0) is 0 Å². The Bertz CT molecular complexity index is 775. The van der Waals surface area contributed by atoms with Crippen LogP contribution in [0.4, 0.5) is 0 Å². The zero-order valence-corrected chi connectivity index (χ0v) is 13.6. The molecule has 117 valence electrons. The second-order valence-electron chi connectivity index (χ2n) is 5.48. The predicted molar refractivity (Wildman–Crippen MR) is 95.3 cm³/mol. The highest BCUT2D eigenvalue weighted by molar-refractivity contribution is 5.84. The van der Waals surface area contributed by atoms with Crippen LogP contribution in [0.15, 0.2) is 60.7 Å². The summed E-state index contributed by atoms with van der Waals surface area (Å²) in [5.41, 5.74) is 1.23. The molecule has 3 rings (SSSR count). The van der Waals surface area contributed by atoms with Crippen molar-refractivity contribution < 1.29 is 9.47 Å². The third-order valence-electron chi connectivity index (χ3n) is 3.70. The second kappa shape index (κ2) is 7.19. The van der Waals surface area contributed by atoms with E-state index in [0.717, 1.165) is 30.3 Å². The summed E-state index contributed by atoms with van der Waals surface area (Å²) in [5, 5.41) is 2.40. The van der Waals surface area contributed by atoms with Crippen molar-refractivity contribution in [3.8, 4) is 17.2 Å². The van der Waals surface area contributed by atoms with E-state index in [-0.39, 0.29) is 0 Å². The SMILES string of the molecule is C[CH]c1ccc2cc(Oc3ccc(OCCC)cc3)ccc2c1. The van der Waals surface area contributed by atoms with E-state index in [4.69, 9.17) is 9.47 Å². The Labute approximate surface area is 137 Å². The van der Waals surface area contributed by atoms with E-state index in [1.165, 1.54) is 16.3 Å². The molecule has 23 heavy (non-hydrogen) atoms. The van der Waals surface area contributed by atoms with Crippen LogP contribution in [0.25, 0.3) is 10.8 Å². The van der Waals surface area contributed by atoms with Crippen LogP contribution in [0.1, 0.15) is 25.8 Å². The van der Waals surface area contributed by atoms with Gasteiger partial charge in [-0.1, -0.05) is 38.1 Å². The maximum Gasteiger partial charge on any atom is 0.128 e. The number of hydrogen-bond donors (Lipinski definition) is 0. The third kappa shape index (κ3) is 3.84. The Hall–Kier alpha value is -2.48. The molecular formula is C21H21O2. The van der Waals surface area contributed by atoms with Gasteiger partial charge in [0.05, 0.1) is 6.61 Å². The van der Waals surface area contributed by atoms with Crippen LogP contribution in [-0.4, -0.2) is 6.61 Å². The number of fused-ring (bicyclic) bond motifs is 1. The minimum Gasteiger partial charge on any atom is -0.494 e. The Kier molecular flexibility index (Phi) is 4.82. The fourth-order valence-electron chi connectivity index (χ4n) is 2.45. The molecule has 0 saturated carbocycles. The first-order valence-corrected chi connectivity index (χ1v) is 8.02. The summed E-state index contributed by atoms with van der Waals surface area (Å²) in [7, 11) is 0. The van der Waals surface area contributed by atoms with Gasteiger partial charge in [0.1, 0.15) is 17.2 Å². The van der Waals surface area contributed by atoms with Crippen LogP contribution in [0.5, 0.6) is 17.2 Å². The molecule has 0 spiro atoms. The lowest BCUT2D eigenvalue weighted by atomic mass is 10.1. The molecule has 2 heteroatoms. The normalized spacial score (nSPS) is 10.7. The minimum absolute atomic E-state index is 0.738.